The van der Waals surface area contributed by atoms with E-state index in [0.29, 0.717) is 6.61 Å². The van der Waals surface area contributed by atoms with Crippen LogP contribution < -0.4 is 0 Å². The zero-order valence-electron chi connectivity index (χ0n) is 22.7. The van der Waals surface area contributed by atoms with E-state index in [2.05, 4.69) is 36.9 Å². The number of hydrogen-bond acceptors (Lipinski definition) is 7. The maximum absolute atomic E-state index is 13.8. The van der Waals surface area contributed by atoms with E-state index < -0.39 is 11.7 Å². The van der Waals surface area contributed by atoms with Crippen LogP contribution in [-0.4, -0.2) is 43.4 Å². The Hall–Kier alpha value is -3.20. The number of carbonyl (C=O) groups is 2. The van der Waals surface area contributed by atoms with Gasteiger partial charge in [0.2, 0.25) is 0 Å². The Morgan fingerprint density at radius 2 is 1.97 bits per heavy atom. The highest BCUT2D eigenvalue weighted by Gasteiger charge is 2.47. The second kappa shape index (κ2) is 8.97. The van der Waals surface area contributed by atoms with E-state index in [1.54, 1.807) is 20.4 Å². The average Bonchev–Trinajstić information content (AvgIpc) is 3.14. The van der Waals surface area contributed by atoms with Gasteiger partial charge in [0.1, 0.15) is 16.8 Å². The molecule has 0 aromatic carbocycles. The van der Waals surface area contributed by atoms with E-state index in [-0.39, 0.29) is 23.7 Å². The van der Waals surface area contributed by atoms with Crippen molar-refractivity contribution < 1.29 is 19.1 Å². The molecule has 4 aromatic rings. The van der Waals surface area contributed by atoms with Crippen LogP contribution in [0.3, 0.4) is 0 Å². The molecule has 37 heavy (non-hydrogen) atoms. The van der Waals surface area contributed by atoms with E-state index in [4.69, 9.17) is 9.47 Å². The minimum absolute atomic E-state index is 0.115. The molecule has 4 aromatic heterocycles. The second-order valence-corrected chi connectivity index (χ2v) is 12.2. The predicted octanol–water partition coefficient (Wildman–Crippen LogP) is 6.60. The van der Waals surface area contributed by atoms with Crippen LogP contribution in [0.15, 0.2) is 18.6 Å². The monoisotopic (exact) mass is 522 g/mol. The summed E-state index contributed by atoms with van der Waals surface area (Å²) in [6.45, 7) is 16.2. The number of rotatable bonds is 5. The van der Waals surface area contributed by atoms with Gasteiger partial charge in [0.25, 0.3) is 0 Å². The van der Waals surface area contributed by atoms with Crippen LogP contribution in [0.1, 0.15) is 81.4 Å². The van der Waals surface area contributed by atoms with E-state index >= 15 is 0 Å². The molecule has 5 rings (SSSR count). The molecule has 0 saturated heterocycles. The quantitative estimate of drug-likeness (QED) is 0.274. The Morgan fingerprint density at radius 3 is 2.62 bits per heavy atom. The minimum Gasteiger partial charge on any atom is -0.466 e. The molecule has 1 saturated carbocycles. The van der Waals surface area contributed by atoms with Gasteiger partial charge in [0, 0.05) is 27.9 Å². The Bertz CT molecular complexity index is 1540. The van der Waals surface area contributed by atoms with E-state index in [1.165, 1.54) is 6.33 Å². The van der Waals surface area contributed by atoms with Crippen molar-refractivity contribution in [2.75, 3.05) is 6.61 Å². The van der Waals surface area contributed by atoms with Gasteiger partial charge in [-0.2, -0.15) is 5.10 Å². The molecule has 0 radical (unpaired) electrons. The van der Waals surface area contributed by atoms with Crippen LogP contribution in [0.2, 0.25) is 0 Å². The van der Waals surface area contributed by atoms with E-state index in [9.17, 15) is 9.59 Å². The van der Waals surface area contributed by atoms with Gasteiger partial charge >= 0.3 is 12.1 Å². The average molecular weight is 523 g/mol. The molecule has 0 spiro atoms. The molecule has 1 aliphatic rings. The summed E-state index contributed by atoms with van der Waals surface area (Å²) in [6.07, 6.45) is 3.82. The standard InChI is InChI=1S/C28H34N4O4S/c1-9-35-26(33)19-11-18(19)23-16(5)21-20(14(2)3)22(17-10-15(4)24-29-13-30-31(24)12-17)32(25(21)37-23)27(34)36-28(6,7)8/h10,12-14,18-19H,9,11H2,1-8H3. The Balaban J connectivity index is 1.76. The molecular formula is C28H34N4O4S. The zero-order valence-corrected chi connectivity index (χ0v) is 23.5. The largest absolute Gasteiger partial charge is 0.466 e. The van der Waals surface area contributed by atoms with Gasteiger partial charge in [-0.15, -0.1) is 11.3 Å². The van der Waals surface area contributed by atoms with Gasteiger partial charge in [0.05, 0.1) is 18.2 Å². The molecule has 196 valence electrons. The molecule has 2 unspecified atom stereocenters. The number of aromatic nitrogens is 4. The SMILES string of the molecule is CCOC(=O)C1CC1c1sc2c(c1C)c(C(C)C)c(-c1cc(C)c3ncnn3c1)n2C(=O)OC(C)(C)C. The third-order valence-electron chi connectivity index (χ3n) is 6.82. The van der Waals surface area contributed by atoms with Crippen molar-refractivity contribution in [3.63, 3.8) is 0 Å². The summed E-state index contributed by atoms with van der Waals surface area (Å²) in [7, 11) is 0. The van der Waals surface area contributed by atoms with Gasteiger partial charge in [-0.3, -0.25) is 4.79 Å². The summed E-state index contributed by atoms with van der Waals surface area (Å²) in [5.74, 6) is 0.00647. The van der Waals surface area contributed by atoms with E-state index in [0.717, 1.165) is 55.1 Å². The highest BCUT2D eigenvalue weighted by Crippen LogP contribution is 2.55. The lowest BCUT2D eigenvalue weighted by Crippen LogP contribution is -2.27. The minimum atomic E-state index is -0.657. The van der Waals surface area contributed by atoms with Crippen LogP contribution in [-0.2, 0) is 14.3 Å². The highest BCUT2D eigenvalue weighted by molar-refractivity contribution is 7.19. The molecule has 4 heterocycles. The number of hydrogen-bond donors (Lipinski definition) is 0. The van der Waals surface area contributed by atoms with Crippen molar-refractivity contribution in [2.24, 2.45) is 5.92 Å². The van der Waals surface area contributed by atoms with Crippen molar-refractivity contribution in [3.05, 3.63) is 40.2 Å². The van der Waals surface area contributed by atoms with Gasteiger partial charge in [-0.25, -0.2) is 18.9 Å². The Kier molecular flexibility index (Phi) is 6.17. The predicted molar refractivity (Wildman–Crippen MR) is 144 cm³/mol. The number of nitrogens with zero attached hydrogens (tertiary/aromatic N) is 4. The molecule has 0 amide bonds. The second-order valence-electron chi connectivity index (χ2n) is 11.1. The maximum atomic E-state index is 13.8. The number of thiophene rings is 1. The number of fused-ring (bicyclic) bond motifs is 2. The zero-order chi connectivity index (χ0) is 26.8. The van der Waals surface area contributed by atoms with E-state index in [1.807, 2.05) is 40.8 Å². The fraction of sp³-hybridized carbons (Fsp3) is 0.500. The molecule has 2 atom stereocenters. The number of ether oxygens (including phenoxy) is 2. The van der Waals surface area contributed by atoms with Crippen LogP contribution in [0.5, 0.6) is 0 Å². The Morgan fingerprint density at radius 1 is 1.24 bits per heavy atom. The lowest BCUT2D eigenvalue weighted by molar-refractivity contribution is -0.144. The first kappa shape index (κ1) is 25.4. The lowest BCUT2D eigenvalue weighted by Gasteiger charge is -2.21. The first-order valence-electron chi connectivity index (χ1n) is 12.8. The van der Waals surface area contributed by atoms with Crippen LogP contribution in [0.4, 0.5) is 4.79 Å². The lowest BCUT2D eigenvalue weighted by atomic mass is 9.95. The van der Waals surface area contributed by atoms with Crippen LogP contribution in [0.25, 0.3) is 27.1 Å². The van der Waals surface area contributed by atoms with Crippen LogP contribution in [0, 0.1) is 19.8 Å². The number of pyridine rings is 1. The van der Waals surface area contributed by atoms with Crippen molar-refractivity contribution in [1.82, 2.24) is 19.2 Å². The smallest absolute Gasteiger partial charge is 0.420 e. The maximum Gasteiger partial charge on any atom is 0.420 e. The highest BCUT2D eigenvalue weighted by atomic mass is 32.1. The summed E-state index contributed by atoms with van der Waals surface area (Å²) < 4.78 is 14.7. The first-order valence-corrected chi connectivity index (χ1v) is 13.6. The third kappa shape index (κ3) is 4.33. The summed E-state index contributed by atoms with van der Waals surface area (Å²) in [5, 5.41) is 5.43. The fourth-order valence-corrected chi connectivity index (χ4v) is 6.73. The number of esters is 1. The molecule has 1 aliphatic carbocycles. The first-order chi connectivity index (χ1) is 17.4. The molecule has 0 aliphatic heterocycles. The summed E-state index contributed by atoms with van der Waals surface area (Å²) in [6, 6.07) is 2.06. The summed E-state index contributed by atoms with van der Waals surface area (Å²) >= 11 is 1.59. The van der Waals surface area contributed by atoms with Gasteiger partial charge in [0.15, 0.2) is 5.65 Å². The summed E-state index contributed by atoms with van der Waals surface area (Å²) in [4.78, 5) is 32.6. The molecule has 0 N–H and O–H groups in total. The molecule has 9 heteroatoms. The van der Waals surface area contributed by atoms with Crippen molar-refractivity contribution in [2.45, 2.75) is 79.2 Å². The summed E-state index contributed by atoms with van der Waals surface area (Å²) in [5.41, 5.74) is 5.01. The molecule has 1 fully saturated rings. The molecule has 8 nitrogen and oxygen atoms in total. The normalized spacial score (nSPS) is 17.6. The van der Waals surface area contributed by atoms with Gasteiger partial charge < -0.3 is 9.47 Å². The van der Waals surface area contributed by atoms with Gasteiger partial charge in [-0.1, -0.05) is 13.8 Å². The topological polar surface area (TPSA) is 87.7 Å². The Labute approximate surface area is 220 Å². The fourth-order valence-electron chi connectivity index (χ4n) is 5.23. The van der Waals surface area contributed by atoms with Crippen molar-refractivity contribution >= 4 is 39.3 Å². The number of aryl methyl sites for hydroxylation is 2. The third-order valence-corrected chi connectivity index (χ3v) is 8.23. The molecular weight excluding hydrogens is 488 g/mol. The van der Waals surface area contributed by atoms with Crippen LogP contribution >= 0.6 is 11.3 Å². The van der Waals surface area contributed by atoms with Crippen molar-refractivity contribution in [1.29, 1.82) is 0 Å². The van der Waals surface area contributed by atoms with Crippen molar-refractivity contribution in [3.8, 4) is 11.3 Å². The van der Waals surface area contributed by atoms with Gasteiger partial charge in [-0.05, 0) is 76.6 Å². The molecule has 0 bridgehead atoms. The number of carbonyl (C=O) groups excluding carboxylic acids is 2.